The molecule has 0 aromatic heterocycles. The van der Waals surface area contributed by atoms with Gasteiger partial charge in [0, 0.05) is 6.54 Å². The molecule has 3 saturated heterocycles. The topological polar surface area (TPSA) is 66.5 Å². The standard InChI is InChI=1S/C38H59NO6/c1-34(2)29-10-11-30-36(4)18-28-27(9-8-26(44-28)22-43-33(40)24-6-5-7-24)35(36,3)14-15-38(30)23-37(29,38)13-12-31(34)45-32-19-39(16-17-42-32)25-20-41-21-25/h24-32H,5-23H2,1-4H3/t26?,27?,28?,29?,30?,31?,32?,35?,36-,37?,38?/m0/s1. The summed E-state index contributed by atoms with van der Waals surface area (Å²) in [6, 6.07) is 0.549. The molecule has 6 aliphatic carbocycles. The minimum Gasteiger partial charge on any atom is -0.463 e. The second kappa shape index (κ2) is 10.4. The highest BCUT2D eigenvalue weighted by molar-refractivity contribution is 5.73. The number of carbonyl (C=O) groups is 1. The van der Waals surface area contributed by atoms with Gasteiger partial charge in [0.25, 0.3) is 0 Å². The molecule has 45 heavy (non-hydrogen) atoms. The van der Waals surface area contributed by atoms with Gasteiger partial charge in [-0.1, -0.05) is 34.1 Å². The summed E-state index contributed by atoms with van der Waals surface area (Å²) in [6.45, 7) is 15.3. The molecule has 0 bridgehead atoms. The van der Waals surface area contributed by atoms with Crippen LogP contribution >= 0.6 is 0 Å². The Morgan fingerprint density at radius 1 is 0.889 bits per heavy atom. The Bertz CT molecular complexity index is 1180. The SMILES string of the molecule is CC1(C)C(OC2CN(C3COC3)CCO2)CCC23CC24CCC2(C)C5CCC(COC(=O)C6CCC6)OC5C[C@@]2(C)C4CCC13. The number of esters is 1. The minimum atomic E-state index is -0.108. The molecule has 0 aromatic rings. The molecule has 7 nitrogen and oxygen atoms in total. The van der Waals surface area contributed by atoms with E-state index in [1.165, 1.54) is 64.2 Å². The number of nitrogens with zero attached hydrogens (tertiary/aromatic N) is 1. The second-order valence-corrected chi connectivity index (χ2v) is 18.4. The predicted octanol–water partition coefficient (Wildman–Crippen LogP) is 6.37. The van der Waals surface area contributed by atoms with Gasteiger partial charge < -0.3 is 23.7 Å². The molecule has 252 valence electrons. The number of hydrogen-bond donors (Lipinski definition) is 0. The molecule has 7 heteroatoms. The van der Waals surface area contributed by atoms with Gasteiger partial charge in [0.1, 0.15) is 6.61 Å². The summed E-state index contributed by atoms with van der Waals surface area (Å²) in [7, 11) is 0. The maximum Gasteiger partial charge on any atom is 0.309 e. The van der Waals surface area contributed by atoms with E-state index in [-0.39, 0.29) is 35.8 Å². The maximum absolute atomic E-state index is 12.4. The van der Waals surface area contributed by atoms with Gasteiger partial charge in [0.2, 0.25) is 0 Å². The van der Waals surface area contributed by atoms with Crippen LogP contribution in [0.15, 0.2) is 0 Å². The number of fused-ring (bicyclic) bond motifs is 4. The van der Waals surface area contributed by atoms with Crippen molar-refractivity contribution in [3.8, 4) is 0 Å². The molecule has 0 amide bonds. The summed E-state index contributed by atoms with van der Waals surface area (Å²) in [5, 5.41) is 0. The van der Waals surface area contributed by atoms with Crippen LogP contribution in [0.4, 0.5) is 0 Å². The van der Waals surface area contributed by atoms with Crippen molar-refractivity contribution in [3.63, 3.8) is 0 Å². The van der Waals surface area contributed by atoms with Crippen LogP contribution < -0.4 is 0 Å². The maximum atomic E-state index is 12.4. The van der Waals surface area contributed by atoms with Gasteiger partial charge in [0.15, 0.2) is 6.29 Å². The third-order valence-corrected chi connectivity index (χ3v) is 16.7. The zero-order chi connectivity index (χ0) is 30.8. The summed E-state index contributed by atoms with van der Waals surface area (Å²) in [5.41, 5.74) is 1.85. The molecular formula is C38H59NO6. The number of hydrogen-bond acceptors (Lipinski definition) is 7. The molecule has 0 radical (unpaired) electrons. The quantitative estimate of drug-likeness (QED) is 0.318. The van der Waals surface area contributed by atoms with Crippen molar-refractivity contribution in [2.75, 3.05) is 39.5 Å². The first-order valence-electron chi connectivity index (χ1n) is 19.0. The Labute approximate surface area is 271 Å². The molecule has 9 aliphatic rings. The molecule has 3 aliphatic heterocycles. The molecule has 11 atom stereocenters. The van der Waals surface area contributed by atoms with E-state index >= 15 is 0 Å². The Hall–Kier alpha value is -0.730. The third kappa shape index (κ3) is 4.21. The van der Waals surface area contributed by atoms with Gasteiger partial charge in [-0.25, -0.2) is 0 Å². The average molecular weight is 626 g/mol. The summed E-state index contributed by atoms with van der Waals surface area (Å²) in [4.78, 5) is 15.0. The Balaban J connectivity index is 0.886. The molecule has 0 N–H and O–H groups in total. The van der Waals surface area contributed by atoms with Crippen LogP contribution in [-0.2, 0) is 28.5 Å². The van der Waals surface area contributed by atoms with E-state index in [9.17, 15) is 4.79 Å². The van der Waals surface area contributed by atoms with Crippen molar-refractivity contribution >= 4 is 5.97 Å². The first-order valence-corrected chi connectivity index (χ1v) is 19.0. The molecule has 3 heterocycles. The first-order chi connectivity index (χ1) is 21.6. The monoisotopic (exact) mass is 625 g/mol. The smallest absolute Gasteiger partial charge is 0.309 e. The van der Waals surface area contributed by atoms with Gasteiger partial charge in [-0.3, -0.25) is 9.69 Å². The number of carbonyl (C=O) groups excluding carboxylic acids is 1. The van der Waals surface area contributed by atoms with Crippen molar-refractivity contribution in [2.45, 2.75) is 142 Å². The fourth-order valence-corrected chi connectivity index (χ4v) is 13.8. The molecular weight excluding hydrogens is 566 g/mol. The average Bonchev–Trinajstić information content (AvgIpc) is 3.55. The lowest BCUT2D eigenvalue weighted by Crippen LogP contribution is -2.59. The fourth-order valence-electron chi connectivity index (χ4n) is 13.8. The Morgan fingerprint density at radius 2 is 1.69 bits per heavy atom. The number of morpholine rings is 1. The molecule has 0 aromatic carbocycles. The van der Waals surface area contributed by atoms with E-state index in [1.54, 1.807) is 0 Å². The highest BCUT2D eigenvalue weighted by Gasteiger charge is 2.83. The van der Waals surface area contributed by atoms with Crippen molar-refractivity contribution in [1.82, 2.24) is 4.90 Å². The summed E-state index contributed by atoms with van der Waals surface area (Å²) in [5.74, 6) is 2.35. The van der Waals surface area contributed by atoms with Crippen molar-refractivity contribution < 1.29 is 28.5 Å². The van der Waals surface area contributed by atoms with Crippen molar-refractivity contribution in [2.24, 2.45) is 50.7 Å². The number of rotatable bonds is 6. The van der Waals surface area contributed by atoms with E-state index in [0.29, 0.717) is 46.3 Å². The summed E-state index contributed by atoms with van der Waals surface area (Å²) < 4.78 is 31.3. The molecule has 9 fully saturated rings. The largest absolute Gasteiger partial charge is 0.463 e. The number of ether oxygens (including phenoxy) is 5. The lowest BCUT2D eigenvalue weighted by atomic mass is 9.42. The summed E-state index contributed by atoms with van der Waals surface area (Å²) in [6.07, 6.45) is 16.7. The van der Waals surface area contributed by atoms with Crippen LogP contribution in [0.25, 0.3) is 0 Å². The lowest BCUT2D eigenvalue weighted by molar-refractivity contribution is -0.255. The van der Waals surface area contributed by atoms with Gasteiger partial charge in [-0.05, 0) is 122 Å². The first kappa shape index (κ1) is 30.3. The van der Waals surface area contributed by atoms with Gasteiger partial charge >= 0.3 is 5.97 Å². The molecule has 9 rings (SSSR count). The van der Waals surface area contributed by atoms with Gasteiger partial charge in [-0.15, -0.1) is 0 Å². The van der Waals surface area contributed by atoms with Crippen LogP contribution in [0, 0.1) is 50.7 Å². The van der Waals surface area contributed by atoms with Crippen LogP contribution in [0.1, 0.15) is 111 Å². The normalized spacial score (nSPS) is 52.2. The van der Waals surface area contributed by atoms with Gasteiger partial charge in [0.05, 0.1) is 56.6 Å². The fraction of sp³-hybridized carbons (Fsp3) is 0.974. The molecule has 6 saturated carbocycles. The van der Waals surface area contributed by atoms with E-state index in [4.69, 9.17) is 23.7 Å². The van der Waals surface area contributed by atoms with Crippen LogP contribution in [0.5, 0.6) is 0 Å². The van der Waals surface area contributed by atoms with Crippen LogP contribution in [-0.4, -0.2) is 81.0 Å². The molecule has 2 spiro atoms. The highest BCUT2D eigenvalue weighted by atomic mass is 16.7. The van der Waals surface area contributed by atoms with Crippen LogP contribution in [0.3, 0.4) is 0 Å². The lowest BCUT2D eigenvalue weighted by Gasteiger charge is -2.63. The van der Waals surface area contributed by atoms with E-state index < -0.39 is 0 Å². The third-order valence-electron chi connectivity index (χ3n) is 16.7. The minimum absolute atomic E-state index is 0.0174. The van der Waals surface area contributed by atoms with Gasteiger partial charge in [-0.2, -0.15) is 0 Å². The van der Waals surface area contributed by atoms with Crippen LogP contribution in [0.2, 0.25) is 0 Å². The zero-order valence-electron chi connectivity index (χ0n) is 28.5. The summed E-state index contributed by atoms with van der Waals surface area (Å²) >= 11 is 0. The predicted molar refractivity (Wildman–Crippen MR) is 169 cm³/mol. The Morgan fingerprint density at radius 3 is 2.44 bits per heavy atom. The Kier molecular flexibility index (Phi) is 7.00. The van der Waals surface area contributed by atoms with E-state index in [1.807, 2.05) is 0 Å². The van der Waals surface area contributed by atoms with E-state index in [0.717, 1.165) is 64.0 Å². The van der Waals surface area contributed by atoms with Crippen molar-refractivity contribution in [1.29, 1.82) is 0 Å². The second-order valence-electron chi connectivity index (χ2n) is 18.4. The zero-order valence-corrected chi connectivity index (χ0v) is 28.5. The van der Waals surface area contributed by atoms with E-state index in [2.05, 4.69) is 32.6 Å². The molecule has 10 unspecified atom stereocenters. The van der Waals surface area contributed by atoms with Crippen molar-refractivity contribution in [3.05, 3.63) is 0 Å². The highest BCUT2D eigenvalue weighted by Crippen LogP contribution is 2.89.